The average molecular weight is 408 g/mol. The monoisotopic (exact) mass is 408 g/mol. The molecule has 24 heavy (non-hydrogen) atoms. The third-order valence-corrected chi connectivity index (χ3v) is 3.03. The molecule has 1 heterocycles. The second-order valence-electron chi connectivity index (χ2n) is 3.23. The topological polar surface area (TPSA) is 99.4 Å². The molecule has 2 unspecified atom stereocenters. The Morgan fingerprint density at radius 1 is 1.17 bits per heavy atom. The Bertz CT molecular complexity index is 169. The summed E-state index contributed by atoms with van der Waals surface area (Å²) in [6.07, 6.45) is 4.18. The summed E-state index contributed by atoms with van der Waals surface area (Å²) in [7, 11) is 9.53. The van der Waals surface area contributed by atoms with Gasteiger partial charge in [-0.2, -0.15) is 0 Å². The largest absolute Gasteiger partial charge is 0.400 e. The van der Waals surface area contributed by atoms with Crippen LogP contribution in [-0.2, 0) is 9.47 Å². The minimum atomic E-state index is -1.62. The molecule has 1 aliphatic heterocycles. The minimum Gasteiger partial charge on any atom is -0.400 e. The van der Waals surface area contributed by atoms with E-state index in [9.17, 15) is 0 Å². The zero-order chi connectivity index (χ0) is 20.4. The smallest absolute Gasteiger partial charge is 0.161 e. The second-order valence-corrected chi connectivity index (χ2v) is 6.75. The van der Waals surface area contributed by atoms with Crippen LogP contribution in [0.25, 0.3) is 0 Å². The van der Waals surface area contributed by atoms with E-state index in [0.717, 1.165) is 20.0 Å². The van der Waals surface area contributed by atoms with Gasteiger partial charge in [-0.15, -0.1) is 0 Å². The van der Waals surface area contributed by atoms with Gasteiger partial charge in [0, 0.05) is 26.9 Å². The molecule has 0 saturated carbocycles. The Morgan fingerprint density at radius 2 is 1.58 bits per heavy atom. The summed E-state index contributed by atoms with van der Waals surface area (Å²) in [6, 6.07) is -0.0508. The van der Waals surface area contributed by atoms with Gasteiger partial charge in [0.15, 0.2) is 8.38 Å². The van der Waals surface area contributed by atoms with Crippen LogP contribution in [0.15, 0.2) is 0 Å². The minimum absolute atomic E-state index is 0.0508. The van der Waals surface area contributed by atoms with Crippen molar-refractivity contribution in [3.8, 4) is 0 Å². The van der Waals surface area contributed by atoms with Gasteiger partial charge in [0.05, 0.1) is 18.6 Å². The molecule has 1 rings (SSSR count). The Kier molecular flexibility index (Phi) is 58.7. The maximum atomic E-state index is 8.01. The molecule has 1 saturated heterocycles. The van der Waals surface area contributed by atoms with Gasteiger partial charge in [-0.1, -0.05) is 49.3 Å². The second kappa shape index (κ2) is 39.2. The van der Waals surface area contributed by atoms with Crippen LogP contribution < -0.4 is 0 Å². The molecule has 0 aromatic carbocycles. The predicted octanol–water partition coefficient (Wildman–Crippen LogP) is 2.83. The fourth-order valence-electron chi connectivity index (χ4n) is 1.09. The first kappa shape index (κ1) is 36.0. The Hall–Kier alpha value is 0.955. The zero-order valence-electron chi connectivity index (χ0n) is 16.4. The van der Waals surface area contributed by atoms with Crippen LogP contribution in [0.4, 0.5) is 0 Å². The molecule has 10 heteroatoms. The summed E-state index contributed by atoms with van der Waals surface area (Å²) >= 11 is 0. The first-order valence-electron chi connectivity index (χ1n) is 7.70. The number of ether oxygens (including phenoxy) is 2. The molecule has 0 spiro atoms. The highest BCUT2D eigenvalue weighted by molar-refractivity contribution is 8.76. The van der Waals surface area contributed by atoms with E-state index in [-0.39, 0.29) is 18.0 Å². The number of hydrogen-bond acceptors (Lipinski definition) is 8. The number of aliphatic hydroxyl groups is 2. The highest BCUT2D eigenvalue weighted by Crippen LogP contribution is 2.16. The van der Waals surface area contributed by atoms with Gasteiger partial charge in [-0.3, -0.25) is 0 Å². The first-order valence-corrected chi connectivity index (χ1v) is 12.1. The van der Waals surface area contributed by atoms with E-state index in [1.54, 1.807) is 17.9 Å². The fraction of sp³-hybridized carbons (Fsp3) is 1.00. The van der Waals surface area contributed by atoms with Crippen LogP contribution in [0.1, 0.15) is 40.5 Å². The van der Waals surface area contributed by atoms with Gasteiger partial charge in [-0.05, 0) is 19.1 Å². The molecule has 0 aromatic rings. The zero-order valence-corrected chi connectivity index (χ0v) is 19.0. The Balaban J connectivity index is -0.0000000695. The maximum Gasteiger partial charge on any atom is 0.161 e. The lowest BCUT2D eigenvalue weighted by Gasteiger charge is -2.08. The molecule has 4 N–H and O–H groups in total. The molecule has 2 radical (unpaired) electrons. The maximum absolute atomic E-state index is 8.01. The normalized spacial score (nSPS) is 17.2. The van der Waals surface area contributed by atoms with Gasteiger partial charge in [0.1, 0.15) is 7.85 Å². The molecular weight excluding hydrogens is 370 g/mol. The van der Waals surface area contributed by atoms with E-state index in [4.69, 9.17) is 37.3 Å². The van der Waals surface area contributed by atoms with Crippen LogP contribution in [0.5, 0.6) is 0 Å². The number of aliphatic hydroxyl groups excluding tert-OH is 2. The number of methoxy groups -OCH3 is 1. The molecule has 1 fully saturated rings. The van der Waals surface area contributed by atoms with Crippen LogP contribution in [0.3, 0.4) is 0 Å². The average Bonchev–Trinajstić information content (AvgIpc) is 3.00. The lowest BCUT2D eigenvalue weighted by molar-refractivity contribution is 0.0251. The molecule has 0 amide bonds. The predicted molar refractivity (Wildman–Crippen MR) is 112 cm³/mol. The molecule has 6 nitrogen and oxygen atoms in total. The summed E-state index contributed by atoms with van der Waals surface area (Å²) in [4.78, 5) is 15.4. The lowest BCUT2D eigenvalue weighted by Crippen LogP contribution is -2.15. The summed E-state index contributed by atoms with van der Waals surface area (Å²) in [6.45, 7) is 10.0. The van der Waals surface area contributed by atoms with Crippen molar-refractivity contribution in [2.45, 2.75) is 52.6 Å². The van der Waals surface area contributed by atoms with Crippen LogP contribution in [-0.4, -0.2) is 79.6 Å². The quantitative estimate of drug-likeness (QED) is 0.244. The number of rotatable bonds is 4. The summed E-state index contributed by atoms with van der Waals surface area (Å²) in [5.41, 5.74) is 0. The van der Waals surface area contributed by atoms with Crippen molar-refractivity contribution >= 4 is 37.8 Å². The third kappa shape index (κ3) is 49.5. The Morgan fingerprint density at radius 3 is 1.75 bits per heavy atom. The van der Waals surface area contributed by atoms with Crippen LogP contribution in [0, 0.1) is 0 Å². The number of hydrogen-bond donors (Lipinski definition) is 4. The standard InChI is InChI=1S/C6H11BO2.C2H6OS2.2C2H6.CH5O2P.CH4O/c1-8-4-5-2-3-6(7)9-5;1-4-5-2-3;2*1-2;1-4(2)3;1-2/h5-6H,2-4H2,1H3;3H,2H2,1H3;2*1-2H3;2-3H,1H3;2H,1H3. The van der Waals surface area contributed by atoms with Gasteiger partial charge in [-0.25, -0.2) is 0 Å². The molecular formula is C14H38BO6PS2. The van der Waals surface area contributed by atoms with E-state index in [2.05, 4.69) is 0 Å². The molecule has 1 aliphatic rings. The van der Waals surface area contributed by atoms with Crippen molar-refractivity contribution in [1.29, 1.82) is 0 Å². The van der Waals surface area contributed by atoms with E-state index in [0.29, 0.717) is 6.61 Å². The van der Waals surface area contributed by atoms with Gasteiger partial charge in [0.2, 0.25) is 0 Å². The SMILES string of the molecule is CC.CC.CO.CP(O)O.CSSCO.[B]C1CCC(COC)O1. The van der Waals surface area contributed by atoms with E-state index < -0.39 is 8.38 Å². The van der Waals surface area contributed by atoms with Gasteiger partial charge >= 0.3 is 0 Å². The highest BCUT2D eigenvalue weighted by atomic mass is 33.1. The van der Waals surface area contributed by atoms with Crippen molar-refractivity contribution in [2.24, 2.45) is 0 Å². The van der Waals surface area contributed by atoms with Crippen molar-refractivity contribution in [2.75, 3.05) is 39.7 Å². The molecule has 0 bridgehead atoms. The lowest BCUT2D eigenvalue weighted by atomic mass is 9.97. The molecule has 150 valence electrons. The molecule has 2 atom stereocenters. The van der Waals surface area contributed by atoms with E-state index in [1.165, 1.54) is 17.5 Å². The van der Waals surface area contributed by atoms with E-state index in [1.807, 2.05) is 34.0 Å². The third-order valence-electron chi connectivity index (χ3n) is 1.66. The van der Waals surface area contributed by atoms with Crippen molar-refractivity contribution in [3.63, 3.8) is 0 Å². The summed E-state index contributed by atoms with van der Waals surface area (Å²) in [5.74, 6) is 0.223. The Labute approximate surface area is 159 Å². The van der Waals surface area contributed by atoms with Gasteiger partial charge < -0.3 is 29.5 Å². The van der Waals surface area contributed by atoms with Crippen LogP contribution in [0.2, 0.25) is 0 Å². The van der Waals surface area contributed by atoms with Crippen molar-refractivity contribution in [3.05, 3.63) is 0 Å². The molecule has 0 aliphatic carbocycles. The first-order chi connectivity index (χ1) is 11.5. The molecule has 0 aromatic heterocycles. The van der Waals surface area contributed by atoms with Crippen molar-refractivity contribution in [1.82, 2.24) is 0 Å². The summed E-state index contributed by atoms with van der Waals surface area (Å²) < 4.78 is 10.1. The van der Waals surface area contributed by atoms with Gasteiger partial charge in [0.25, 0.3) is 0 Å². The highest BCUT2D eigenvalue weighted by Gasteiger charge is 2.20. The summed E-state index contributed by atoms with van der Waals surface area (Å²) in [5, 5.41) is 15.0. The van der Waals surface area contributed by atoms with E-state index >= 15 is 0 Å². The van der Waals surface area contributed by atoms with Crippen LogP contribution >= 0.6 is 30.0 Å². The van der Waals surface area contributed by atoms with Crippen molar-refractivity contribution < 1.29 is 29.5 Å². The fourth-order valence-corrected chi connectivity index (χ4v) is 1.52.